The van der Waals surface area contributed by atoms with Crippen molar-refractivity contribution in [2.45, 2.75) is 45.7 Å². The normalized spacial score (nSPS) is 20.9. The van der Waals surface area contributed by atoms with Gasteiger partial charge >= 0.3 is 0 Å². The van der Waals surface area contributed by atoms with Crippen LogP contribution in [0.3, 0.4) is 0 Å². The molecule has 1 aromatic heterocycles. The molecule has 19 heavy (non-hydrogen) atoms. The Kier molecular flexibility index (Phi) is 5.67. The van der Waals surface area contributed by atoms with Crippen molar-refractivity contribution in [3.63, 3.8) is 0 Å². The van der Waals surface area contributed by atoms with E-state index in [1.165, 1.54) is 0 Å². The van der Waals surface area contributed by atoms with Crippen molar-refractivity contribution >= 4 is 11.6 Å². The Labute approximate surface area is 120 Å². The molecule has 0 amide bonds. The lowest BCUT2D eigenvalue weighted by Crippen LogP contribution is -2.26. The Morgan fingerprint density at radius 3 is 3.05 bits per heavy atom. The van der Waals surface area contributed by atoms with Gasteiger partial charge in [0, 0.05) is 19.8 Å². The number of nitrogens with one attached hydrogen (secondary N) is 1. The molecule has 2 atom stereocenters. The second-order valence-electron chi connectivity index (χ2n) is 5.18. The maximum Gasteiger partial charge on any atom is 0.0834 e. The van der Waals surface area contributed by atoms with Crippen LogP contribution >= 0.6 is 11.6 Å². The number of aryl methyl sites for hydroxylation is 1. The van der Waals surface area contributed by atoms with E-state index in [4.69, 9.17) is 16.3 Å². The number of rotatable bonds is 7. The molecular weight excluding hydrogens is 262 g/mol. The van der Waals surface area contributed by atoms with Gasteiger partial charge in [0.25, 0.3) is 0 Å². The van der Waals surface area contributed by atoms with Crippen molar-refractivity contribution < 1.29 is 4.74 Å². The van der Waals surface area contributed by atoms with E-state index in [0.29, 0.717) is 5.92 Å². The predicted molar refractivity (Wildman–Crippen MR) is 77.5 cm³/mol. The molecule has 108 valence electrons. The highest BCUT2D eigenvalue weighted by Crippen LogP contribution is 2.30. The van der Waals surface area contributed by atoms with Gasteiger partial charge in [0.1, 0.15) is 0 Å². The fourth-order valence-corrected chi connectivity index (χ4v) is 3.02. The van der Waals surface area contributed by atoms with Gasteiger partial charge < -0.3 is 10.1 Å². The Morgan fingerprint density at radius 2 is 2.42 bits per heavy atom. The minimum absolute atomic E-state index is 0.276. The molecule has 1 aliphatic rings. The molecule has 2 rings (SSSR count). The molecule has 0 aromatic carbocycles. The van der Waals surface area contributed by atoms with Crippen LogP contribution in [0.25, 0.3) is 0 Å². The first-order valence-electron chi connectivity index (χ1n) is 7.28. The van der Waals surface area contributed by atoms with E-state index in [9.17, 15) is 0 Å². The molecule has 0 saturated carbocycles. The number of ether oxygens (including phenoxy) is 1. The zero-order valence-electron chi connectivity index (χ0n) is 11.9. The third-order valence-electron chi connectivity index (χ3n) is 3.64. The Morgan fingerprint density at radius 1 is 1.58 bits per heavy atom. The average Bonchev–Trinajstić information content (AvgIpc) is 3.00. The van der Waals surface area contributed by atoms with Crippen LogP contribution in [0.1, 0.15) is 44.8 Å². The predicted octanol–water partition coefficient (Wildman–Crippen LogP) is 3.02. The van der Waals surface area contributed by atoms with Crippen LogP contribution < -0.4 is 5.32 Å². The van der Waals surface area contributed by atoms with E-state index < -0.39 is 0 Å². The van der Waals surface area contributed by atoms with Gasteiger partial charge in [-0.25, -0.2) is 0 Å². The minimum atomic E-state index is 0.276. The molecule has 0 bridgehead atoms. The maximum atomic E-state index is 6.34. The van der Waals surface area contributed by atoms with Gasteiger partial charge in [-0.2, -0.15) is 5.10 Å². The molecule has 4 nitrogen and oxygen atoms in total. The van der Waals surface area contributed by atoms with Gasteiger partial charge in [0.2, 0.25) is 0 Å². The highest BCUT2D eigenvalue weighted by molar-refractivity contribution is 6.31. The summed E-state index contributed by atoms with van der Waals surface area (Å²) in [5, 5.41) is 8.72. The van der Waals surface area contributed by atoms with E-state index >= 15 is 0 Å². The largest absolute Gasteiger partial charge is 0.381 e. The van der Waals surface area contributed by atoms with E-state index in [1.807, 2.05) is 4.68 Å². The van der Waals surface area contributed by atoms with Crippen molar-refractivity contribution in [2.75, 3.05) is 19.8 Å². The summed E-state index contributed by atoms with van der Waals surface area (Å²) in [7, 11) is 0. The summed E-state index contributed by atoms with van der Waals surface area (Å²) in [6.07, 6.45) is 5.06. The number of hydrogen-bond donors (Lipinski definition) is 1. The number of hydrogen-bond acceptors (Lipinski definition) is 3. The highest BCUT2D eigenvalue weighted by Gasteiger charge is 2.25. The third-order valence-corrected chi connectivity index (χ3v) is 3.93. The molecule has 5 heteroatoms. The smallest absolute Gasteiger partial charge is 0.0834 e. The molecule has 1 aliphatic heterocycles. The lowest BCUT2D eigenvalue weighted by atomic mass is 9.97. The first-order valence-corrected chi connectivity index (χ1v) is 7.66. The molecule has 1 saturated heterocycles. The molecule has 1 fully saturated rings. The van der Waals surface area contributed by atoms with Crippen LogP contribution in [0.4, 0.5) is 0 Å². The van der Waals surface area contributed by atoms with Crippen LogP contribution in [-0.2, 0) is 11.3 Å². The van der Waals surface area contributed by atoms with Crippen LogP contribution in [0.15, 0.2) is 6.20 Å². The van der Waals surface area contributed by atoms with Gasteiger partial charge in [-0.1, -0.05) is 25.4 Å². The Balaban J connectivity index is 2.14. The van der Waals surface area contributed by atoms with Crippen molar-refractivity contribution in [2.24, 2.45) is 5.92 Å². The zero-order chi connectivity index (χ0) is 13.7. The van der Waals surface area contributed by atoms with E-state index in [0.717, 1.165) is 56.3 Å². The summed E-state index contributed by atoms with van der Waals surface area (Å²) < 4.78 is 7.53. The van der Waals surface area contributed by atoms with Crippen LogP contribution in [-0.4, -0.2) is 29.5 Å². The van der Waals surface area contributed by atoms with Crippen molar-refractivity contribution in [3.05, 3.63) is 16.9 Å². The summed E-state index contributed by atoms with van der Waals surface area (Å²) in [6, 6.07) is 0.276. The van der Waals surface area contributed by atoms with Gasteiger partial charge in [-0.15, -0.1) is 0 Å². The maximum absolute atomic E-state index is 6.34. The Bertz CT molecular complexity index is 388. The second kappa shape index (κ2) is 7.27. The minimum Gasteiger partial charge on any atom is -0.381 e. The molecule has 2 unspecified atom stereocenters. The van der Waals surface area contributed by atoms with E-state index in [2.05, 4.69) is 24.3 Å². The van der Waals surface area contributed by atoms with Crippen LogP contribution in [0.2, 0.25) is 5.02 Å². The van der Waals surface area contributed by atoms with Gasteiger partial charge in [0.15, 0.2) is 0 Å². The fourth-order valence-electron chi connectivity index (χ4n) is 2.75. The standard InChI is InChI=1S/C14H24ClN3O/c1-3-6-18-14(12(15)9-17-18)13(16-4-2)8-11-5-7-19-10-11/h9,11,13,16H,3-8,10H2,1-2H3. The molecule has 2 heterocycles. The zero-order valence-corrected chi connectivity index (χ0v) is 12.6. The fraction of sp³-hybridized carbons (Fsp3) is 0.786. The summed E-state index contributed by atoms with van der Waals surface area (Å²) >= 11 is 6.34. The van der Waals surface area contributed by atoms with Gasteiger partial charge in [0.05, 0.1) is 23.0 Å². The first-order chi connectivity index (χ1) is 9.26. The molecular formula is C14H24ClN3O. The Hall–Kier alpha value is -0.580. The SMILES string of the molecule is CCCn1ncc(Cl)c1C(CC1CCOC1)NCC. The van der Waals surface area contributed by atoms with Crippen LogP contribution in [0.5, 0.6) is 0 Å². The molecule has 1 N–H and O–H groups in total. The van der Waals surface area contributed by atoms with Crippen molar-refractivity contribution in [1.82, 2.24) is 15.1 Å². The quantitative estimate of drug-likeness (QED) is 0.837. The molecule has 0 aliphatic carbocycles. The van der Waals surface area contributed by atoms with Crippen molar-refractivity contribution in [1.29, 1.82) is 0 Å². The number of nitrogens with zero attached hydrogens (tertiary/aromatic N) is 2. The van der Waals surface area contributed by atoms with Crippen LogP contribution in [0, 0.1) is 5.92 Å². The summed E-state index contributed by atoms with van der Waals surface area (Å²) in [4.78, 5) is 0. The summed E-state index contributed by atoms with van der Waals surface area (Å²) in [5.41, 5.74) is 1.14. The number of halogens is 1. The first kappa shape index (κ1) is 14.8. The van der Waals surface area contributed by atoms with Gasteiger partial charge in [-0.3, -0.25) is 4.68 Å². The third kappa shape index (κ3) is 3.71. The van der Waals surface area contributed by atoms with Crippen molar-refractivity contribution in [3.8, 4) is 0 Å². The summed E-state index contributed by atoms with van der Waals surface area (Å²) in [5.74, 6) is 0.630. The molecule has 0 spiro atoms. The molecule has 0 radical (unpaired) electrons. The average molecular weight is 286 g/mol. The monoisotopic (exact) mass is 285 g/mol. The molecule has 1 aromatic rings. The lowest BCUT2D eigenvalue weighted by molar-refractivity contribution is 0.181. The second-order valence-corrected chi connectivity index (χ2v) is 5.58. The summed E-state index contributed by atoms with van der Waals surface area (Å²) in [6.45, 7) is 7.92. The van der Waals surface area contributed by atoms with E-state index in [1.54, 1.807) is 6.20 Å². The number of aromatic nitrogens is 2. The highest BCUT2D eigenvalue weighted by atomic mass is 35.5. The lowest BCUT2D eigenvalue weighted by Gasteiger charge is -2.22. The van der Waals surface area contributed by atoms with Gasteiger partial charge in [-0.05, 0) is 31.7 Å². The topological polar surface area (TPSA) is 39.1 Å². The van der Waals surface area contributed by atoms with E-state index in [-0.39, 0.29) is 6.04 Å².